The highest BCUT2D eigenvalue weighted by molar-refractivity contribution is 5.97. The molecule has 0 radical (unpaired) electrons. The molecule has 0 aromatic rings. The van der Waals surface area contributed by atoms with Crippen LogP contribution in [0.3, 0.4) is 0 Å². The van der Waals surface area contributed by atoms with E-state index < -0.39 is 0 Å². The Hall–Kier alpha value is -0.370. The Labute approximate surface area is 134 Å². The van der Waals surface area contributed by atoms with E-state index in [0.717, 1.165) is 18.8 Å². The third-order valence-corrected chi connectivity index (χ3v) is 9.61. The Balaban J connectivity index is 1.64. The summed E-state index contributed by atoms with van der Waals surface area (Å²) in [6.07, 6.45) is 6.85. The molecular weight excluding hydrogens is 272 g/mol. The van der Waals surface area contributed by atoms with Gasteiger partial charge in [-0.05, 0) is 60.7 Å². The first-order valence-corrected chi connectivity index (χ1v) is 9.43. The van der Waals surface area contributed by atoms with Crippen molar-refractivity contribution in [3.8, 4) is 0 Å². The zero-order valence-electron chi connectivity index (χ0n) is 14.5. The standard InChI is InChI=1S/C20H30O2/c1-17(2)7-5-8-18(3)12(17)6-9-20-13(18)10-11-14(15(20)21)19(11,4)16(20)22/h11-14,16,22H,5-10H2,1-4H3/t11-,12+,13-,14?,16+,18+,19+,20-/m1/s1. The summed E-state index contributed by atoms with van der Waals surface area (Å²) in [5.74, 6) is 2.33. The van der Waals surface area contributed by atoms with E-state index in [1.807, 2.05) is 0 Å². The quantitative estimate of drug-likeness (QED) is 0.738. The summed E-state index contributed by atoms with van der Waals surface area (Å²) in [7, 11) is 0. The minimum Gasteiger partial charge on any atom is -0.391 e. The number of carbonyl (C=O) groups excluding carboxylic acids is 1. The van der Waals surface area contributed by atoms with Crippen molar-refractivity contribution >= 4 is 5.78 Å². The highest BCUT2D eigenvalue weighted by Gasteiger charge is 2.87. The topological polar surface area (TPSA) is 37.3 Å². The summed E-state index contributed by atoms with van der Waals surface area (Å²) in [5.41, 5.74) is 0.245. The van der Waals surface area contributed by atoms with Crippen LogP contribution in [0.25, 0.3) is 0 Å². The van der Waals surface area contributed by atoms with E-state index in [-0.39, 0.29) is 28.3 Å². The molecule has 6 rings (SSSR count). The Bertz CT molecular complexity index is 580. The van der Waals surface area contributed by atoms with Crippen LogP contribution in [0, 0.1) is 45.3 Å². The Kier molecular flexibility index (Phi) is 2.23. The molecular formula is C20H30O2. The summed E-state index contributed by atoms with van der Waals surface area (Å²) >= 11 is 0. The molecule has 0 aliphatic heterocycles. The molecule has 6 fully saturated rings. The molecule has 0 aromatic heterocycles. The smallest absolute Gasteiger partial charge is 0.145 e. The van der Waals surface area contributed by atoms with Crippen molar-refractivity contribution in [1.82, 2.24) is 0 Å². The average Bonchev–Trinajstić information content (AvgIpc) is 3.01. The molecule has 8 atom stereocenters. The van der Waals surface area contributed by atoms with Crippen molar-refractivity contribution in [2.24, 2.45) is 45.3 Å². The van der Waals surface area contributed by atoms with Crippen LogP contribution in [-0.4, -0.2) is 17.0 Å². The molecule has 1 spiro atoms. The first-order chi connectivity index (χ1) is 10.2. The van der Waals surface area contributed by atoms with Crippen LogP contribution in [0.4, 0.5) is 0 Å². The van der Waals surface area contributed by atoms with Gasteiger partial charge in [0.05, 0.1) is 11.5 Å². The van der Waals surface area contributed by atoms with Gasteiger partial charge in [-0.3, -0.25) is 4.79 Å². The van der Waals surface area contributed by atoms with Crippen molar-refractivity contribution in [3.05, 3.63) is 0 Å². The van der Waals surface area contributed by atoms with Crippen LogP contribution < -0.4 is 0 Å². The number of aliphatic hydroxyl groups excluding tert-OH is 1. The highest BCUT2D eigenvalue weighted by Crippen LogP contribution is 2.83. The van der Waals surface area contributed by atoms with Gasteiger partial charge in [-0.2, -0.15) is 0 Å². The van der Waals surface area contributed by atoms with E-state index >= 15 is 0 Å². The molecule has 6 saturated carbocycles. The van der Waals surface area contributed by atoms with E-state index in [4.69, 9.17) is 0 Å². The maximum atomic E-state index is 13.2. The van der Waals surface area contributed by atoms with Gasteiger partial charge in [-0.1, -0.05) is 34.1 Å². The molecule has 1 N–H and O–H groups in total. The van der Waals surface area contributed by atoms with Gasteiger partial charge >= 0.3 is 0 Å². The fraction of sp³-hybridized carbons (Fsp3) is 0.950. The van der Waals surface area contributed by atoms with Gasteiger partial charge in [0.2, 0.25) is 0 Å². The van der Waals surface area contributed by atoms with Gasteiger partial charge in [-0.25, -0.2) is 0 Å². The number of Topliss-reactive ketones (excluding diaryl/α,β-unsaturated/α-hetero) is 1. The van der Waals surface area contributed by atoms with Gasteiger partial charge in [0.15, 0.2) is 0 Å². The van der Waals surface area contributed by atoms with Gasteiger partial charge in [-0.15, -0.1) is 0 Å². The van der Waals surface area contributed by atoms with Crippen molar-refractivity contribution in [1.29, 1.82) is 0 Å². The second-order valence-corrected chi connectivity index (χ2v) is 10.5. The molecule has 1 unspecified atom stereocenters. The van der Waals surface area contributed by atoms with Crippen LogP contribution >= 0.6 is 0 Å². The average molecular weight is 302 g/mol. The maximum Gasteiger partial charge on any atom is 0.145 e. The number of aliphatic hydroxyl groups is 1. The lowest BCUT2D eigenvalue weighted by molar-refractivity contribution is -0.200. The Morgan fingerprint density at radius 3 is 2.41 bits per heavy atom. The molecule has 2 heteroatoms. The highest BCUT2D eigenvalue weighted by atomic mass is 16.3. The predicted octanol–water partition coefficient (Wildman–Crippen LogP) is 3.82. The van der Waals surface area contributed by atoms with Gasteiger partial charge in [0, 0.05) is 11.3 Å². The first kappa shape index (κ1) is 14.0. The van der Waals surface area contributed by atoms with E-state index in [1.165, 1.54) is 25.7 Å². The monoisotopic (exact) mass is 302 g/mol. The van der Waals surface area contributed by atoms with Crippen molar-refractivity contribution < 1.29 is 9.90 Å². The number of fused-ring (bicyclic) bond motifs is 1. The Morgan fingerprint density at radius 1 is 1.05 bits per heavy atom. The van der Waals surface area contributed by atoms with Crippen LogP contribution in [0.15, 0.2) is 0 Å². The van der Waals surface area contributed by atoms with Crippen molar-refractivity contribution in [2.75, 3.05) is 0 Å². The number of rotatable bonds is 0. The summed E-state index contributed by atoms with van der Waals surface area (Å²) in [6, 6.07) is 0. The second-order valence-electron chi connectivity index (χ2n) is 10.5. The van der Waals surface area contributed by atoms with Crippen LogP contribution in [0.5, 0.6) is 0 Å². The minimum atomic E-state index is -0.368. The maximum absolute atomic E-state index is 13.2. The number of hydrogen-bond acceptors (Lipinski definition) is 2. The third kappa shape index (κ3) is 1.13. The molecule has 0 amide bonds. The summed E-state index contributed by atoms with van der Waals surface area (Å²) in [6.45, 7) is 9.55. The lowest BCUT2D eigenvalue weighted by Crippen LogP contribution is -2.64. The summed E-state index contributed by atoms with van der Waals surface area (Å²) in [5, 5.41) is 11.2. The molecule has 4 bridgehead atoms. The molecule has 122 valence electrons. The predicted molar refractivity (Wildman–Crippen MR) is 85.1 cm³/mol. The third-order valence-electron chi connectivity index (χ3n) is 9.61. The van der Waals surface area contributed by atoms with Crippen LogP contribution in [0.1, 0.15) is 66.2 Å². The fourth-order valence-corrected chi connectivity index (χ4v) is 8.64. The normalized spacial score (nSPS) is 64.0. The summed E-state index contributed by atoms with van der Waals surface area (Å²) in [4.78, 5) is 13.2. The van der Waals surface area contributed by atoms with Gasteiger partial charge in [0.1, 0.15) is 5.78 Å². The molecule has 0 saturated heterocycles. The zero-order chi connectivity index (χ0) is 15.7. The van der Waals surface area contributed by atoms with Gasteiger partial charge in [0.25, 0.3) is 0 Å². The number of hydrogen-bond donors (Lipinski definition) is 1. The van der Waals surface area contributed by atoms with E-state index in [9.17, 15) is 9.90 Å². The lowest BCUT2D eigenvalue weighted by Gasteiger charge is -2.65. The van der Waals surface area contributed by atoms with E-state index in [2.05, 4.69) is 27.7 Å². The van der Waals surface area contributed by atoms with Crippen molar-refractivity contribution in [3.63, 3.8) is 0 Å². The summed E-state index contributed by atoms with van der Waals surface area (Å²) < 4.78 is 0. The minimum absolute atomic E-state index is 0.0546. The fourth-order valence-electron chi connectivity index (χ4n) is 8.64. The van der Waals surface area contributed by atoms with Crippen molar-refractivity contribution in [2.45, 2.75) is 72.3 Å². The first-order valence-electron chi connectivity index (χ1n) is 9.43. The van der Waals surface area contributed by atoms with Gasteiger partial charge < -0.3 is 5.11 Å². The zero-order valence-corrected chi connectivity index (χ0v) is 14.5. The Morgan fingerprint density at radius 2 is 1.77 bits per heavy atom. The van der Waals surface area contributed by atoms with Crippen LogP contribution in [-0.2, 0) is 4.79 Å². The molecule has 22 heavy (non-hydrogen) atoms. The SMILES string of the molecule is CC1(C)CCC[C@]2(C)[C@H]3C[C@@H]4C5C(=O)[C@]3(CC[C@@H]12)[C@@H](O)[C@]54C. The molecule has 2 nitrogen and oxygen atoms in total. The molecule has 0 aromatic carbocycles. The number of carbonyl (C=O) groups is 1. The lowest BCUT2D eigenvalue weighted by atomic mass is 9.39. The largest absolute Gasteiger partial charge is 0.391 e. The van der Waals surface area contributed by atoms with E-state index in [0.29, 0.717) is 23.0 Å². The molecule has 6 aliphatic carbocycles. The number of ketones is 1. The molecule has 6 aliphatic rings. The second kappa shape index (κ2) is 3.50. The van der Waals surface area contributed by atoms with Crippen LogP contribution in [0.2, 0.25) is 0 Å². The van der Waals surface area contributed by atoms with E-state index in [1.54, 1.807) is 0 Å². The molecule has 0 heterocycles.